The number of halogens is 2. The lowest BCUT2D eigenvalue weighted by Crippen LogP contribution is -2.24. The first-order chi connectivity index (χ1) is 7.61. The van der Waals surface area contributed by atoms with E-state index in [1.165, 1.54) is 18.2 Å². The Balaban J connectivity index is 2.31. The van der Waals surface area contributed by atoms with E-state index < -0.39 is 11.9 Å². The Morgan fingerprint density at radius 1 is 1.50 bits per heavy atom. The average Bonchev–Trinajstić information content (AvgIpc) is 2.64. The summed E-state index contributed by atoms with van der Waals surface area (Å²) in [7, 11) is 1.56. The van der Waals surface area contributed by atoms with Crippen molar-refractivity contribution in [2.24, 2.45) is 4.99 Å². The van der Waals surface area contributed by atoms with Crippen LogP contribution in [-0.4, -0.2) is 18.9 Å². The van der Waals surface area contributed by atoms with Gasteiger partial charge in [-0.15, -0.1) is 0 Å². The molecule has 0 radical (unpaired) electrons. The summed E-state index contributed by atoms with van der Waals surface area (Å²) < 4.78 is 12.9. The fourth-order valence-electron chi connectivity index (χ4n) is 1.47. The van der Waals surface area contributed by atoms with Crippen LogP contribution in [-0.2, 0) is 4.79 Å². The molecule has 6 heteroatoms. The van der Waals surface area contributed by atoms with Gasteiger partial charge < -0.3 is 5.32 Å². The summed E-state index contributed by atoms with van der Waals surface area (Å²) in [6, 6.07) is 3.59. The van der Waals surface area contributed by atoms with Crippen LogP contribution < -0.4 is 10.6 Å². The molecule has 0 bridgehead atoms. The molecule has 1 amide bonds. The summed E-state index contributed by atoms with van der Waals surface area (Å²) in [6.45, 7) is 0. The number of amides is 1. The van der Waals surface area contributed by atoms with Crippen molar-refractivity contribution in [3.8, 4) is 0 Å². The van der Waals surface area contributed by atoms with Gasteiger partial charge in [-0.3, -0.25) is 15.1 Å². The van der Waals surface area contributed by atoms with Crippen LogP contribution in [0.1, 0.15) is 11.6 Å². The smallest absolute Gasteiger partial charge is 0.253 e. The van der Waals surface area contributed by atoms with E-state index in [1.54, 1.807) is 7.05 Å². The first-order valence-electron chi connectivity index (χ1n) is 4.61. The number of carbonyl (C=O) groups is 1. The van der Waals surface area contributed by atoms with E-state index in [1.807, 2.05) is 0 Å². The Morgan fingerprint density at radius 3 is 2.81 bits per heavy atom. The van der Waals surface area contributed by atoms with Crippen LogP contribution in [0.2, 0.25) is 5.02 Å². The van der Waals surface area contributed by atoms with Gasteiger partial charge in [-0.05, 0) is 17.7 Å². The van der Waals surface area contributed by atoms with Crippen molar-refractivity contribution in [3.63, 3.8) is 0 Å². The fourth-order valence-corrected chi connectivity index (χ4v) is 1.66. The molecule has 0 aromatic heterocycles. The van der Waals surface area contributed by atoms with E-state index in [9.17, 15) is 9.18 Å². The molecule has 0 aliphatic carbocycles. The highest BCUT2D eigenvalue weighted by Crippen LogP contribution is 2.22. The number of nitrogens with one attached hydrogen (secondary N) is 2. The molecule has 1 aliphatic heterocycles. The molecule has 4 nitrogen and oxygen atoms in total. The molecule has 1 saturated heterocycles. The number of carbonyl (C=O) groups excluding carboxylic acids is 1. The zero-order chi connectivity index (χ0) is 11.7. The normalized spacial score (nSPS) is 22.1. The predicted octanol–water partition coefficient (Wildman–Crippen LogP) is 1.23. The van der Waals surface area contributed by atoms with Crippen molar-refractivity contribution in [1.82, 2.24) is 10.6 Å². The highest BCUT2D eigenvalue weighted by molar-refractivity contribution is 6.30. The van der Waals surface area contributed by atoms with Gasteiger partial charge in [0.15, 0.2) is 5.96 Å². The molecule has 0 saturated carbocycles. The van der Waals surface area contributed by atoms with Gasteiger partial charge in [-0.25, -0.2) is 4.39 Å². The van der Waals surface area contributed by atoms with Gasteiger partial charge in [0.1, 0.15) is 11.9 Å². The quantitative estimate of drug-likeness (QED) is 0.777. The van der Waals surface area contributed by atoms with Gasteiger partial charge in [0.25, 0.3) is 5.91 Å². The molecule has 1 aromatic carbocycles. The SMILES string of the molecule is CN=C1NC(=O)C(c2ccc(F)c(Cl)c2)N1. The lowest BCUT2D eigenvalue weighted by atomic mass is 10.1. The zero-order valence-electron chi connectivity index (χ0n) is 8.42. The highest BCUT2D eigenvalue weighted by Gasteiger charge is 2.29. The number of aliphatic imine (C=N–C) groups is 1. The monoisotopic (exact) mass is 241 g/mol. The summed E-state index contributed by atoms with van der Waals surface area (Å²) in [6.07, 6.45) is 0. The minimum absolute atomic E-state index is 0.00557. The minimum Gasteiger partial charge on any atom is -0.340 e. The summed E-state index contributed by atoms with van der Waals surface area (Å²) >= 11 is 5.65. The maximum Gasteiger partial charge on any atom is 0.253 e. The molecule has 1 aliphatic rings. The molecule has 1 atom stereocenters. The van der Waals surface area contributed by atoms with E-state index in [2.05, 4.69) is 15.6 Å². The molecule has 2 N–H and O–H groups in total. The second kappa shape index (κ2) is 4.09. The van der Waals surface area contributed by atoms with Crippen molar-refractivity contribution in [2.75, 3.05) is 7.05 Å². The van der Waals surface area contributed by atoms with Crippen molar-refractivity contribution >= 4 is 23.5 Å². The van der Waals surface area contributed by atoms with Crippen LogP contribution in [0, 0.1) is 5.82 Å². The summed E-state index contributed by atoms with van der Waals surface area (Å²) in [5, 5.41) is 5.41. The molecule has 0 spiro atoms. The maximum atomic E-state index is 12.9. The first-order valence-corrected chi connectivity index (χ1v) is 4.98. The van der Waals surface area contributed by atoms with Crippen LogP contribution in [0.5, 0.6) is 0 Å². The number of benzene rings is 1. The standard InChI is InChI=1S/C10H9ClFN3O/c1-13-10-14-8(9(16)15-10)5-2-3-7(12)6(11)4-5/h2-4,8H,1H3,(H2,13,14,15,16). The number of rotatable bonds is 1. The highest BCUT2D eigenvalue weighted by atomic mass is 35.5. The third kappa shape index (κ3) is 1.86. The van der Waals surface area contributed by atoms with Crippen molar-refractivity contribution in [3.05, 3.63) is 34.6 Å². The van der Waals surface area contributed by atoms with Crippen molar-refractivity contribution < 1.29 is 9.18 Å². The number of guanidine groups is 1. The Morgan fingerprint density at radius 2 is 2.25 bits per heavy atom. The second-order valence-electron chi connectivity index (χ2n) is 3.31. The lowest BCUT2D eigenvalue weighted by molar-refractivity contribution is -0.120. The van der Waals surface area contributed by atoms with E-state index >= 15 is 0 Å². The van der Waals surface area contributed by atoms with E-state index in [0.29, 0.717) is 11.5 Å². The lowest BCUT2D eigenvalue weighted by Gasteiger charge is -2.08. The maximum absolute atomic E-state index is 12.9. The molecule has 1 fully saturated rings. The largest absolute Gasteiger partial charge is 0.340 e. The second-order valence-corrected chi connectivity index (χ2v) is 3.72. The van der Waals surface area contributed by atoms with Gasteiger partial charge in [-0.1, -0.05) is 17.7 Å². The van der Waals surface area contributed by atoms with Crippen LogP contribution in [0.15, 0.2) is 23.2 Å². The average molecular weight is 242 g/mol. The van der Waals surface area contributed by atoms with Gasteiger partial charge in [0, 0.05) is 7.05 Å². The van der Waals surface area contributed by atoms with E-state index in [-0.39, 0.29) is 10.9 Å². The van der Waals surface area contributed by atoms with Crippen molar-refractivity contribution in [1.29, 1.82) is 0 Å². The fraction of sp³-hybridized carbons (Fsp3) is 0.200. The number of hydrogen-bond donors (Lipinski definition) is 2. The molecule has 1 heterocycles. The predicted molar refractivity (Wildman–Crippen MR) is 58.8 cm³/mol. The Hall–Kier alpha value is -1.62. The Labute approximate surface area is 96.5 Å². The molecule has 1 aromatic rings. The van der Waals surface area contributed by atoms with Gasteiger partial charge in [-0.2, -0.15) is 0 Å². The first kappa shape index (κ1) is 10.9. The third-order valence-electron chi connectivity index (χ3n) is 2.29. The Kier molecular flexibility index (Phi) is 2.78. The van der Waals surface area contributed by atoms with Gasteiger partial charge in [0.2, 0.25) is 0 Å². The van der Waals surface area contributed by atoms with Gasteiger partial charge in [0.05, 0.1) is 5.02 Å². The van der Waals surface area contributed by atoms with Gasteiger partial charge >= 0.3 is 0 Å². The Bertz CT molecular complexity index is 475. The summed E-state index contributed by atoms with van der Waals surface area (Å²) in [5.74, 6) is -0.341. The molecule has 1 unspecified atom stereocenters. The number of hydrogen-bond acceptors (Lipinski definition) is 2. The third-order valence-corrected chi connectivity index (χ3v) is 2.58. The van der Waals surface area contributed by atoms with Crippen LogP contribution >= 0.6 is 11.6 Å². The molecule has 16 heavy (non-hydrogen) atoms. The molecule has 84 valence electrons. The topological polar surface area (TPSA) is 53.5 Å². The van der Waals surface area contributed by atoms with Crippen LogP contribution in [0.25, 0.3) is 0 Å². The van der Waals surface area contributed by atoms with Crippen LogP contribution in [0.3, 0.4) is 0 Å². The molecular formula is C10H9ClFN3O. The van der Waals surface area contributed by atoms with E-state index in [4.69, 9.17) is 11.6 Å². The minimum atomic E-state index is -0.572. The molecule has 2 rings (SSSR count). The summed E-state index contributed by atoms with van der Waals surface area (Å²) in [4.78, 5) is 15.4. The summed E-state index contributed by atoms with van der Waals surface area (Å²) in [5.41, 5.74) is 0.600. The zero-order valence-corrected chi connectivity index (χ0v) is 9.18. The van der Waals surface area contributed by atoms with Crippen LogP contribution in [0.4, 0.5) is 4.39 Å². The van der Waals surface area contributed by atoms with Crippen molar-refractivity contribution in [2.45, 2.75) is 6.04 Å². The number of nitrogens with zero attached hydrogens (tertiary/aromatic N) is 1. The van der Waals surface area contributed by atoms with E-state index in [0.717, 1.165) is 0 Å². The molecular weight excluding hydrogens is 233 g/mol.